The molecule has 2 atom stereocenters. The van der Waals surface area contributed by atoms with E-state index >= 15 is 0 Å². The van der Waals surface area contributed by atoms with E-state index in [0.29, 0.717) is 13.1 Å². The number of ether oxygens (including phenoxy) is 1. The van der Waals surface area contributed by atoms with Gasteiger partial charge in [0.1, 0.15) is 17.2 Å². The molecule has 10 nitrogen and oxygen atoms in total. The number of carbonyl (C=O) groups is 4. The van der Waals surface area contributed by atoms with Gasteiger partial charge >= 0.3 is 6.09 Å². The van der Waals surface area contributed by atoms with Gasteiger partial charge in [-0.2, -0.15) is 0 Å². The highest BCUT2D eigenvalue weighted by molar-refractivity contribution is 5.94. The molecule has 2 aromatic carbocycles. The molecule has 1 saturated heterocycles. The monoisotopic (exact) mass is 683 g/mol. The van der Waals surface area contributed by atoms with E-state index in [2.05, 4.69) is 39.1 Å². The summed E-state index contributed by atoms with van der Waals surface area (Å²) in [4.78, 5) is 59.2. The Morgan fingerprint density at radius 1 is 0.940 bits per heavy atom. The van der Waals surface area contributed by atoms with Crippen LogP contribution in [0.3, 0.4) is 0 Å². The number of aromatic nitrogens is 1. The van der Waals surface area contributed by atoms with Crippen LogP contribution in [-0.2, 0) is 31.0 Å². The van der Waals surface area contributed by atoms with Gasteiger partial charge in [-0.3, -0.25) is 14.4 Å². The molecular formula is C40H53N5O5. The van der Waals surface area contributed by atoms with Gasteiger partial charge in [-0.15, -0.1) is 0 Å². The number of nitrogens with one attached hydrogen (secondary N) is 4. The molecule has 6 rings (SSSR count). The molecule has 3 aliphatic rings. The van der Waals surface area contributed by atoms with Crippen LogP contribution in [0.1, 0.15) is 109 Å². The second kappa shape index (κ2) is 14.1. The maximum Gasteiger partial charge on any atom is 0.408 e. The molecule has 2 fully saturated rings. The minimum absolute atomic E-state index is 0.0310. The van der Waals surface area contributed by atoms with Gasteiger partial charge in [0.15, 0.2) is 0 Å². The van der Waals surface area contributed by atoms with Crippen molar-refractivity contribution in [2.24, 2.45) is 5.92 Å². The summed E-state index contributed by atoms with van der Waals surface area (Å²) in [6, 6.07) is 15.5. The number of likely N-dealkylation sites (tertiary alicyclic amines) is 1. The smallest absolute Gasteiger partial charge is 0.408 e. The third-order valence-electron chi connectivity index (χ3n) is 10.9. The fourth-order valence-electron chi connectivity index (χ4n) is 8.20. The number of aromatic amines is 1. The molecule has 1 aromatic heterocycles. The molecule has 0 radical (unpaired) electrons. The van der Waals surface area contributed by atoms with Crippen molar-refractivity contribution in [3.8, 4) is 0 Å². The molecule has 4 amide bonds. The van der Waals surface area contributed by atoms with E-state index in [1.165, 1.54) is 17.5 Å². The topological polar surface area (TPSA) is 133 Å². The molecule has 1 saturated carbocycles. The van der Waals surface area contributed by atoms with Gasteiger partial charge in [0, 0.05) is 47.9 Å². The highest BCUT2D eigenvalue weighted by atomic mass is 16.6. The van der Waals surface area contributed by atoms with Crippen LogP contribution in [-0.4, -0.2) is 64.0 Å². The summed E-state index contributed by atoms with van der Waals surface area (Å²) >= 11 is 0. The predicted octanol–water partition coefficient (Wildman–Crippen LogP) is 6.20. The average molecular weight is 684 g/mol. The first-order valence-electron chi connectivity index (χ1n) is 18.3. The number of nitrogens with zero attached hydrogens (tertiary/aromatic N) is 1. The van der Waals surface area contributed by atoms with Crippen molar-refractivity contribution in [1.29, 1.82) is 0 Å². The summed E-state index contributed by atoms with van der Waals surface area (Å²) in [5.74, 6) is -0.356. The summed E-state index contributed by atoms with van der Waals surface area (Å²) in [6.07, 6.45) is 9.22. The van der Waals surface area contributed by atoms with Gasteiger partial charge in [-0.05, 0) is 89.5 Å². The van der Waals surface area contributed by atoms with Crippen LogP contribution in [0.4, 0.5) is 4.79 Å². The maximum absolute atomic E-state index is 14.4. The molecule has 2 aliphatic carbocycles. The summed E-state index contributed by atoms with van der Waals surface area (Å²) in [5.41, 5.74) is 2.16. The van der Waals surface area contributed by atoms with Crippen molar-refractivity contribution >= 4 is 34.7 Å². The Hall–Kier alpha value is -4.34. The zero-order chi connectivity index (χ0) is 35.7. The van der Waals surface area contributed by atoms with E-state index < -0.39 is 29.2 Å². The van der Waals surface area contributed by atoms with E-state index in [4.69, 9.17) is 4.74 Å². The molecule has 1 spiro atoms. The number of carbonyl (C=O) groups excluding carboxylic acids is 4. The van der Waals surface area contributed by atoms with E-state index in [9.17, 15) is 19.2 Å². The lowest BCUT2D eigenvalue weighted by atomic mass is 9.73. The van der Waals surface area contributed by atoms with Crippen LogP contribution in [0.5, 0.6) is 0 Å². The first-order valence-corrected chi connectivity index (χ1v) is 18.3. The fourth-order valence-corrected chi connectivity index (χ4v) is 8.20. The van der Waals surface area contributed by atoms with Gasteiger partial charge in [0.25, 0.3) is 0 Å². The minimum atomic E-state index is -1.34. The zero-order valence-electron chi connectivity index (χ0n) is 30.2. The molecular weight excluding hydrogens is 630 g/mol. The third-order valence-corrected chi connectivity index (χ3v) is 10.9. The zero-order valence-corrected chi connectivity index (χ0v) is 30.2. The van der Waals surface area contributed by atoms with Crippen molar-refractivity contribution in [2.75, 3.05) is 13.1 Å². The summed E-state index contributed by atoms with van der Waals surface area (Å²) < 4.78 is 5.40. The lowest BCUT2D eigenvalue weighted by Crippen LogP contribution is -2.60. The van der Waals surface area contributed by atoms with Gasteiger partial charge in [0.2, 0.25) is 17.7 Å². The van der Waals surface area contributed by atoms with Gasteiger partial charge in [-0.1, -0.05) is 61.7 Å². The standard InChI is InChI=1S/C40H53N5O5/c1-38(2,3)50-37(49)44-39(4,5)36(48)43-32(23-27-25-41-31-18-12-10-15-28(27)31)35(47)45-21-19-40(20-22-45)24-33(29-16-9-11-17-30(29)40)42-34(46)26-13-7-6-8-14-26/h9-12,15-18,25-26,32-33,41H,6-8,13-14,19-24H2,1-5H3,(H,42,46)(H,43,48)(H,44,49)/t32?,33-/m1/s1. The number of piperidine rings is 1. The fraction of sp³-hybridized carbons (Fsp3) is 0.550. The SMILES string of the molecule is CC(C)(C)OC(=O)NC(C)(C)C(=O)NC(Cc1c[nH]c2ccccc12)C(=O)N1CCC2(CC1)C[C@@H](NC(=O)C1CCCCC1)c1ccccc12. The molecule has 1 unspecified atom stereocenters. The Morgan fingerprint density at radius 3 is 2.34 bits per heavy atom. The molecule has 4 N–H and O–H groups in total. The summed E-state index contributed by atoms with van der Waals surface area (Å²) in [7, 11) is 0. The van der Waals surface area contributed by atoms with Gasteiger partial charge in [0.05, 0.1) is 6.04 Å². The highest BCUT2D eigenvalue weighted by Crippen LogP contribution is 2.51. The van der Waals surface area contributed by atoms with Gasteiger partial charge in [-0.25, -0.2) is 4.79 Å². The maximum atomic E-state index is 14.4. The van der Waals surface area contributed by atoms with Crippen LogP contribution >= 0.6 is 0 Å². The van der Waals surface area contributed by atoms with Crippen molar-refractivity contribution in [3.63, 3.8) is 0 Å². The Labute approximate surface area is 295 Å². The third kappa shape index (κ3) is 7.69. The number of hydrogen-bond donors (Lipinski definition) is 4. The first kappa shape index (κ1) is 35.5. The first-order chi connectivity index (χ1) is 23.7. The highest BCUT2D eigenvalue weighted by Gasteiger charge is 2.47. The summed E-state index contributed by atoms with van der Waals surface area (Å²) in [6.45, 7) is 9.56. The number of hydrogen-bond acceptors (Lipinski definition) is 5. The molecule has 268 valence electrons. The van der Waals surface area contributed by atoms with Crippen molar-refractivity contribution in [3.05, 3.63) is 71.4 Å². The van der Waals surface area contributed by atoms with E-state index in [0.717, 1.165) is 61.4 Å². The molecule has 10 heteroatoms. The van der Waals surface area contributed by atoms with Crippen LogP contribution in [0.2, 0.25) is 0 Å². The van der Waals surface area contributed by atoms with Crippen LogP contribution in [0, 0.1) is 5.92 Å². The van der Waals surface area contributed by atoms with Crippen LogP contribution in [0.15, 0.2) is 54.7 Å². The lowest BCUT2D eigenvalue weighted by molar-refractivity contribution is -0.139. The number of amides is 4. The van der Waals surface area contributed by atoms with E-state index in [1.807, 2.05) is 41.4 Å². The average Bonchev–Trinajstić information content (AvgIpc) is 3.62. The second-order valence-corrected chi connectivity index (χ2v) is 16.1. The number of benzene rings is 2. The van der Waals surface area contributed by atoms with Crippen LogP contribution in [0.25, 0.3) is 10.9 Å². The molecule has 50 heavy (non-hydrogen) atoms. The molecule has 0 bridgehead atoms. The van der Waals surface area contributed by atoms with Crippen molar-refractivity contribution in [2.45, 2.75) is 121 Å². The van der Waals surface area contributed by atoms with E-state index in [1.54, 1.807) is 34.6 Å². The number of H-pyrrole nitrogens is 1. The number of alkyl carbamates (subject to hydrolysis) is 1. The summed E-state index contributed by atoms with van der Waals surface area (Å²) in [5, 5.41) is 10.1. The number of fused-ring (bicyclic) bond motifs is 3. The second-order valence-electron chi connectivity index (χ2n) is 16.1. The lowest BCUT2D eigenvalue weighted by Gasteiger charge is -2.41. The largest absolute Gasteiger partial charge is 0.444 e. The molecule has 2 heterocycles. The Bertz CT molecular complexity index is 1720. The predicted molar refractivity (Wildman–Crippen MR) is 193 cm³/mol. The minimum Gasteiger partial charge on any atom is -0.444 e. The normalized spacial score (nSPS) is 19.9. The molecule has 1 aliphatic heterocycles. The number of rotatable bonds is 8. The Morgan fingerprint density at radius 2 is 1.62 bits per heavy atom. The number of para-hydroxylation sites is 1. The van der Waals surface area contributed by atoms with Crippen molar-refractivity contribution < 1.29 is 23.9 Å². The van der Waals surface area contributed by atoms with E-state index in [-0.39, 0.29) is 35.6 Å². The van der Waals surface area contributed by atoms with Crippen LogP contribution < -0.4 is 16.0 Å². The Kier molecular flexibility index (Phi) is 10.0. The van der Waals surface area contributed by atoms with Crippen molar-refractivity contribution in [1.82, 2.24) is 25.8 Å². The Balaban J connectivity index is 1.18. The quantitative estimate of drug-likeness (QED) is 0.225. The van der Waals surface area contributed by atoms with Gasteiger partial charge < -0.3 is 30.6 Å². The molecule has 3 aromatic rings.